The number of rotatable bonds is 3. The Morgan fingerprint density at radius 1 is 1.24 bits per heavy atom. The van der Waals surface area contributed by atoms with Gasteiger partial charge in [-0.1, -0.05) is 13.0 Å². The normalized spacial score (nSPS) is 22.0. The van der Waals surface area contributed by atoms with Gasteiger partial charge in [-0.05, 0) is 29.7 Å². The molecule has 0 radical (unpaired) electrons. The number of fused-ring (bicyclic) bond motifs is 2. The molecule has 0 N–H and O–H groups in total. The molecule has 2 aromatic heterocycles. The fourth-order valence-electron chi connectivity index (χ4n) is 5.55. The molecule has 0 spiro atoms. The van der Waals surface area contributed by atoms with E-state index in [1.165, 1.54) is 28.1 Å². The summed E-state index contributed by atoms with van der Waals surface area (Å²) < 4.78 is 9.73. The molecule has 1 amide bonds. The summed E-state index contributed by atoms with van der Waals surface area (Å²) in [5.41, 5.74) is 7.33. The van der Waals surface area contributed by atoms with Gasteiger partial charge in [-0.2, -0.15) is 10.2 Å². The SMILES string of the molecule is CC(=O)N1CCc2c(c(N3C[C@H](C)c4cc(-c5cnn(C)c5)ccc43)nn2[C@H]2CCOC2)C1. The topological polar surface area (TPSA) is 68.4 Å². The van der Waals surface area contributed by atoms with E-state index >= 15 is 0 Å². The summed E-state index contributed by atoms with van der Waals surface area (Å²) in [6, 6.07) is 6.98. The zero-order valence-corrected chi connectivity index (χ0v) is 19.5. The second kappa shape index (κ2) is 7.73. The minimum atomic E-state index is 0.125. The predicted octanol–water partition coefficient (Wildman–Crippen LogP) is 3.40. The van der Waals surface area contributed by atoms with Crippen molar-refractivity contribution >= 4 is 17.4 Å². The van der Waals surface area contributed by atoms with Gasteiger partial charge >= 0.3 is 0 Å². The minimum Gasteiger partial charge on any atom is -0.379 e. The van der Waals surface area contributed by atoms with E-state index in [4.69, 9.17) is 9.84 Å². The van der Waals surface area contributed by atoms with Crippen LogP contribution in [0.4, 0.5) is 11.5 Å². The first kappa shape index (κ1) is 20.5. The number of amides is 1. The third-order valence-corrected chi connectivity index (χ3v) is 7.36. The third-order valence-electron chi connectivity index (χ3n) is 7.36. The molecule has 33 heavy (non-hydrogen) atoms. The van der Waals surface area contributed by atoms with E-state index in [0.717, 1.165) is 43.9 Å². The molecule has 3 aliphatic rings. The lowest BCUT2D eigenvalue weighted by molar-refractivity contribution is -0.129. The van der Waals surface area contributed by atoms with E-state index in [-0.39, 0.29) is 11.9 Å². The maximum atomic E-state index is 12.2. The van der Waals surface area contributed by atoms with Crippen LogP contribution in [0.2, 0.25) is 0 Å². The monoisotopic (exact) mass is 446 g/mol. The van der Waals surface area contributed by atoms with Crippen molar-refractivity contribution in [2.75, 3.05) is 31.2 Å². The van der Waals surface area contributed by atoms with Gasteiger partial charge < -0.3 is 14.5 Å². The standard InChI is InChI=1S/C25H30N6O2/c1-16-12-30(23-5-4-18(10-21(16)23)19-11-26-28(3)13-19)25-22-14-29(17(2)32)8-6-24(22)31(27-25)20-7-9-33-15-20/h4-5,10-11,13,16,20H,6-9,12,14-15H2,1-3H3/t16-,20-/m0/s1. The molecule has 3 aromatic rings. The zero-order valence-electron chi connectivity index (χ0n) is 19.5. The number of anilines is 2. The maximum Gasteiger partial charge on any atom is 0.219 e. The molecule has 0 unspecified atom stereocenters. The Kier molecular flexibility index (Phi) is 4.79. The van der Waals surface area contributed by atoms with Gasteiger partial charge in [0.1, 0.15) is 0 Å². The van der Waals surface area contributed by atoms with Gasteiger partial charge in [0.25, 0.3) is 0 Å². The number of hydrogen-bond donors (Lipinski definition) is 0. The average molecular weight is 447 g/mol. The highest BCUT2D eigenvalue weighted by molar-refractivity contribution is 5.77. The second-order valence-electron chi connectivity index (χ2n) is 9.59. The molecular weight excluding hydrogens is 416 g/mol. The molecule has 8 nitrogen and oxygen atoms in total. The second-order valence-corrected chi connectivity index (χ2v) is 9.59. The van der Waals surface area contributed by atoms with Crippen molar-refractivity contribution in [1.82, 2.24) is 24.5 Å². The van der Waals surface area contributed by atoms with Crippen molar-refractivity contribution in [1.29, 1.82) is 0 Å². The van der Waals surface area contributed by atoms with Crippen LogP contribution >= 0.6 is 0 Å². The van der Waals surface area contributed by atoms with Crippen LogP contribution in [0.25, 0.3) is 11.1 Å². The summed E-state index contributed by atoms with van der Waals surface area (Å²) in [4.78, 5) is 16.5. The summed E-state index contributed by atoms with van der Waals surface area (Å²) in [6.07, 6.45) is 5.80. The van der Waals surface area contributed by atoms with Crippen molar-refractivity contribution in [2.24, 2.45) is 7.05 Å². The number of benzene rings is 1. The Morgan fingerprint density at radius 2 is 2.12 bits per heavy atom. The van der Waals surface area contributed by atoms with Crippen LogP contribution in [-0.2, 0) is 29.5 Å². The highest BCUT2D eigenvalue weighted by atomic mass is 16.5. The molecule has 172 valence electrons. The molecule has 1 saturated heterocycles. The molecule has 5 heterocycles. The smallest absolute Gasteiger partial charge is 0.219 e. The average Bonchev–Trinajstić information content (AvgIpc) is 3.59. The van der Waals surface area contributed by atoms with Crippen LogP contribution < -0.4 is 4.90 Å². The number of hydrogen-bond acceptors (Lipinski definition) is 5. The highest BCUT2D eigenvalue weighted by Crippen LogP contribution is 2.45. The number of nitrogens with zero attached hydrogens (tertiary/aromatic N) is 6. The first-order valence-corrected chi connectivity index (χ1v) is 11.8. The van der Waals surface area contributed by atoms with Gasteiger partial charge in [0, 0.05) is 74.7 Å². The first-order valence-electron chi connectivity index (χ1n) is 11.8. The van der Waals surface area contributed by atoms with Crippen LogP contribution in [-0.4, -0.2) is 56.7 Å². The van der Waals surface area contributed by atoms with Crippen molar-refractivity contribution in [3.8, 4) is 11.1 Å². The van der Waals surface area contributed by atoms with E-state index in [9.17, 15) is 4.79 Å². The predicted molar refractivity (Wildman–Crippen MR) is 126 cm³/mol. The maximum absolute atomic E-state index is 12.2. The van der Waals surface area contributed by atoms with Crippen LogP contribution in [0, 0.1) is 0 Å². The summed E-state index contributed by atoms with van der Waals surface area (Å²) in [7, 11) is 1.94. The van der Waals surface area contributed by atoms with Crippen LogP contribution in [0.15, 0.2) is 30.6 Å². The van der Waals surface area contributed by atoms with Gasteiger partial charge in [0.2, 0.25) is 5.91 Å². The number of carbonyl (C=O) groups excluding carboxylic acids is 1. The molecule has 0 saturated carbocycles. The lowest BCUT2D eigenvalue weighted by Crippen LogP contribution is -2.35. The number of carbonyl (C=O) groups is 1. The molecule has 8 heteroatoms. The van der Waals surface area contributed by atoms with E-state index in [1.807, 2.05) is 22.8 Å². The van der Waals surface area contributed by atoms with E-state index < -0.39 is 0 Å². The number of aryl methyl sites for hydroxylation is 1. The molecule has 1 fully saturated rings. The summed E-state index contributed by atoms with van der Waals surface area (Å²) in [5, 5.41) is 9.51. The fourth-order valence-corrected chi connectivity index (χ4v) is 5.55. The molecular formula is C25H30N6O2. The van der Waals surface area contributed by atoms with E-state index in [2.05, 4.69) is 46.0 Å². The van der Waals surface area contributed by atoms with Gasteiger partial charge in [0.15, 0.2) is 5.82 Å². The van der Waals surface area contributed by atoms with Crippen LogP contribution in [0.5, 0.6) is 0 Å². The van der Waals surface area contributed by atoms with Crippen LogP contribution in [0.3, 0.4) is 0 Å². The van der Waals surface area contributed by atoms with Gasteiger partial charge in [-0.15, -0.1) is 0 Å². The van der Waals surface area contributed by atoms with Crippen molar-refractivity contribution < 1.29 is 9.53 Å². The highest BCUT2D eigenvalue weighted by Gasteiger charge is 2.36. The Bertz CT molecular complexity index is 1220. The first-order chi connectivity index (χ1) is 16.0. The molecule has 6 rings (SSSR count). The summed E-state index contributed by atoms with van der Waals surface area (Å²) in [5.74, 6) is 1.52. The fraction of sp³-hybridized carbons (Fsp3) is 0.480. The van der Waals surface area contributed by atoms with Crippen molar-refractivity contribution in [2.45, 2.75) is 45.2 Å². The Labute approximate surface area is 193 Å². The molecule has 0 aliphatic carbocycles. The van der Waals surface area contributed by atoms with E-state index in [1.54, 1.807) is 6.92 Å². The summed E-state index contributed by atoms with van der Waals surface area (Å²) in [6.45, 7) is 7.70. The lowest BCUT2D eigenvalue weighted by Gasteiger charge is -2.28. The summed E-state index contributed by atoms with van der Waals surface area (Å²) >= 11 is 0. The van der Waals surface area contributed by atoms with Crippen molar-refractivity contribution in [3.05, 3.63) is 47.4 Å². The Hall–Kier alpha value is -3.13. The quantitative estimate of drug-likeness (QED) is 0.617. The minimum absolute atomic E-state index is 0.125. The molecule has 2 atom stereocenters. The van der Waals surface area contributed by atoms with Crippen molar-refractivity contribution in [3.63, 3.8) is 0 Å². The lowest BCUT2D eigenvalue weighted by atomic mass is 9.99. The zero-order chi connectivity index (χ0) is 22.7. The third kappa shape index (κ3) is 3.35. The largest absolute Gasteiger partial charge is 0.379 e. The van der Waals surface area contributed by atoms with Crippen LogP contribution in [0.1, 0.15) is 49.0 Å². The van der Waals surface area contributed by atoms with E-state index in [0.29, 0.717) is 19.1 Å². The number of ether oxygens (including phenoxy) is 1. The molecule has 3 aliphatic heterocycles. The Morgan fingerprint density at radius 3 is 2.85 bits per heavy atom. The molecule has 1 aromatic carbocycles. The Balaban J connectivity index is 1.42. The van der Waals surface area contributed by atoms with Gasteiger partial charge in [0.05, 0.1) is 25.4 Å². The molecule has 0 bridgehead atoms. The van der Waals surface area contributed by atoms with Gasteiger partial charge in [-0.3, -0.25) is 14.2 Å². The van der Waals surface area contributed by atoms with Gasteiger partial charge in [-0.25, -0.2) is 0 Å². The number of aromatic nitrogens is 4.